The first-order valence-electron chi connectivity index (χ1n) is 7.66. The third-order valence-corrected chi connectivity index (χ3v) is 6.06. The van der Waals surface area contributed by atoms with E-state index in [1.54, 1.807) is 0 Å². The van der Waals surface area contributed by atoms with E-state index in [1.807, 2.05) is 6.08 Å². The van der Waals surface area contributed by atoms with Crippen molar-refractivity contribution in [3.8, 4) is 0 Å². The van der Waals surface area contributed by atoms with Crippen LogP contribution in [0.2, 0.25) is 19.1 Å². The molecule has 1 fully saturated rings. The summed E-state index contributed by atoms with van der Waals surface area (Å²) >= 11 is 0. The van der Waals surface area contributed by atoms with Crippen molar-refractivity contribution >= 4 is 8.32 Å². The maximum absolute atomic E-state index is 6.37. The van der Waals surface area contributed by atoms with Crippen molar-refractivity contribution in [2.45, 2.75) is 51.4 Å². The molecule has 112 valence electrons. The first kappa shape index (κ1) is 16.9. The summed E-state index contributed by atoms with van der Waals surface area (Å²) in [7, 11) is -1.49. The van der Waals surface area contributed by atoms with Gasteiger partial charge in [0.25, 0.3) is 0 Å². The monoisotopic (exact) mass is 285 g/mol. The van der Waals surface area contributed by atoms with Gasteiger partial charge >= 0.3 is 0 Å². The Bertz CT molecular complexity index is 259. The van der Waals surface area contributed by atoms with Crippen LogP contribution in [0.3, 0.4) is 0 Å². The van der Waals surface area contributed by atoms with Crippen LogP contribution in [0.25, 0.3) is 0 Å². The predicted octanol–water partition coefficient (Wildman–Crippen LogP) is 3.29. The minimum Gasteiger partial charge on any atom is -0.411 e. The van der Waals surface area contributed by atoms with E-state index in [2.05, 4.69) is 31.5 Å². The van der Waals surface area contributed by atoms with E-state index in [0.717, 1.165) is 39.3 Å². The van der Waals surface area contributed by atoms with Crippen molar-refractivity contribution in [3.05, 3.63) is 12.7 Å². The summed E-state index contributed by atoms with van der Waals surface area (Å²) in [6.45, 7) is 15.4. The van der Waals surface area contributed by atoms with Gasteiger partial charge in [-0.1, -0.05) is 19.4 Å². The molecular weight excluding hydrogens is 254 g/mol. The molecule has 0 aromatic rings. The number of hydrogen-bond donors (Lipinski definition) is 0. The molecule has 19 heavy (non-hydrogen) atoms. The van der Waals surface area contributed by atoms with E-state index in [0.29, 0.717) is 0 Å². The molecule has 0 N–H and O–H groups in total. The zero-order valence-electron chi connectivity index (χ0n) is 13.0. The van der Waals surface area contributed by atoms with E-state index >= 15 is 0 Å². The van der Waals surface area contributed by atoms with E-state index in [9.17, 15) is 0 Å². The van der Waals surface area contributed by atoms with Crippen molar-refractivity contribution in [3.63, 3.8) is 0 Å². The first-order valence-corrected chi connectivity index (χ1v) is 10.8. The molecule has 0 radical (unpaired) electrons. The lowest BCUT2D eigenvalue weighted by molar-refractivity contribution is 0.0186. The van der Waals surface area contributed by atoms with Crippen LogP contribution in [0.5, 0.6) is 0 Å². The van der Waals surface area contributed by atoms with Crippen LogP contribution in [0.1, 0.15) is 26.2 Å². The Morgan fingerprint density at radius 1 is 1.42 bits per heavy atom. The molecule has 4 heteroatoms. The van der Waals surface area contributed by atoms with Crippen LogP contribution < -0.4 is 0 Å². The molecule has 3 nitrogen and oxygen atoms in total. The minimum absolute atomic E-state index is 0.235. The highest BCUT2D eigenvalue weighted by molar-refractivity contribution is 6.71. The molecule has 0 amide bonds. The van der Waals surface area contributed by atoms with Gasteiger partial charge in [-0.2, -0.15) is 0 Å². The molecule has 1 heterocycles. The number of ether oxygens (including phenoxy) is 1. The van der Waals surface area contributed by atoms with Gasteiger partial charge in [-0.25, -0.2) is 0 Å². The molecule has 0 spiro atoms. The molecule has 0 saturated carbocycles. The van der Waals surface area contributed by atoms with Crippen LogP contribution in [0.15, 0.2) is 12.7 Å². The zero-order valence-corrected chi connectivity index (χ0v) is 14.0. The second-order valence-electron chi connectivity index (χ2n) is 6.08. The molecule has 1 aliphatic heterocycles. The number of nitrogens with zero attached hydrogens (tertiary/aromatic N) is 1. The van der Waals surface area contributed by atoms with Crippen LogP contribution in [0, 0.1) is 0 Å². The normalized spacial score (nSPS) is 23.9. The fourth-order valence-corrected chi connectivity index (χ4v) is 4.72. The third-order valence-electron chi connectivity index (χ3n) is 3.53. The van der Waals surface area contributed by atoms with Gasteiger partial charge in [-0.05, 0) is 38.5 Å². The SMILES string of the molecule is C=CCN(CCCC)CC1COCCC[Si](C)(C)O1. The Balaban J connectivity index is 2.50. The molecule has 0 bridgehead atoms. The summed E-state index contributed by atoms with van der Waals surface area (Å²) in [5.74, 6) is 0. The van der Waals surface area contributed by atoms with E-state index in [-0.39, 0.29) is 6.10 Å². The fraction of sp³-hybridized carbons (Fsp3) is 0.867. The van der Waals surface area contributed by atoms with E-state index < -0.39 is 8.32 Å². The molecule has 0 aromatic heterocycles. The Hall–Kier alpha value is -0.163. The summed E-state index contributed by atoms with van der Waals surface area (Å²) < 4.78 is 12.1. The minimum atomic E-state index is -1.49. The van der Waals surface area contributed by atoms with Crippen molar-refractivity contribution < 1.29 is 9.16 Å². The van der Waals surface area contributed by atoms with E-state index in [1.165, 1.54) is 18.9 Å². The van der Waals surface area contributed by atoms with Gasteiger partial charge in [0.2, 0.25) is 0 Å². The molecule has 0 aromatic carbocycles. The van der Waals surface area contributed by atoms with Crippen LogP contribution in [-0.2, 0) is 9.16 Å². The van der Waals surface area contributed by atoms with E-state index in [4.69, 9.17) is 9.16 Å². The highest BCUT2D eigenvalue weighted by atomic mass is 28.4. The number of rotatable bonds is 7. The van der Waals surface area contributed by atoms with Crippen LogP contribution in [0.4, 0.5) is 0 Å². The van der Waals surface area contributed by atoms with Gasteiger partial charge < -0.3 is 9.16 Å². The Kier molecular flexibility index (Phi) is 7.91. The smallest absolute Gasteiger partial charge is 0.187 e. The zero-order chi connectivity index (χ0) is 14.1. The average Bonchev–Trinajstić information content (AvgIpc) is 2.33. The standard InChI is InChI=1S/C15H31NO2Si/c1-5-7-10-16(9-6-2)13-15-14-17-11-8-12-19(3,4)18-15/h6,15H,2,5,7-14H2,1,3-4H3. The van der Waals surface area contributed by atoms with Crippen molar-refractivity contribution in [2.75, 3.05) is 32.8 Å². The van der Waals surface area contributed by atoms with Crippen molar-refractivity contribution in [1.29, 1.82) is 0 Å². The highest BCUT2D eigenvalue weighted by Gasteiger charge is 2.29. The van der Waals surface area contributed by atoms with Crippen molar-refractivity contribution in [2.24, 2.45) is 0 Å². The van der Waals surface area contributed by atoms with Gasteiger partial charge in [0.05, 0.1) is 12.7 Å². The maximum atomic E-state index is 6.37. The van der Waals surface area contributed by atoms with Crippen LogP contribution in [-0.4, -0.2) is 52.2 Å². The highest BCUT2D eigenvalue weighted by Crippen LogP contribution is 2.19. The summed E-state index contributed by atoms with van der Waals surface area (Å²) in [5, 5.41) is 0. The van der Waals surface area contributed by atoms with Gasteiger partial charge in [0.15, 0.2) is 8.32 Å². The van der Waals surface area contributed by atoms with Crippen LogP contribution >= 0.6 is 0 Å². The lowest BCUT2D eigenvalue weighted by Gasteiger charge is -2.34. The van der Waals surface area contributed by atoms with Crippen molar-refractivity contribution in [1.82, 2.24) is 4.90 Å². The Morgan fingerprint density at radius 2 is 2.21 bits per heavy atom. The maximum Gasteiger partial charge on any atom is 0.187 e. The number of unbranched alkanes of at least 4 members (excludes halogenated alkanes) is 1. The second-order valence-corrected chi connectivity index (χ2v) is 10.3. The average molecular weight is 286 g/mol. The largest absolute Gasteiger partial charge is 0.411 e. The Morgan fingerprint density at radius 3 is 2.89 bits per heavy atom. The number of hydrogen-bond acceptors (Lipinski definition) is 3. The summed E-state index contributed by atoms with van der Waals surface area (Å²) in [5.41, 5.74) is 0. The third kappa shape index (κ3) is 7.25. The molecule has 1 atom stereocenters. The molecule has 1 rings (SSSR count). The molecule has 1 aliphatic rings. The first-order chi connectivity index (χ1) is 9.07. The Labute approximate surface area is 120 Å². The quantitative estimate of drug-likeness (QED) is 0.529. The van der Waals surface area contributed by atoms with Gasteiger partial charge in [0, 0.05) is 19.7 Å². The van der Waals surface area contributed by atoms with Gasteiger partial charge in [0.1, 0.15) is 0 Å². The predicted molar refractivity (Wildman–Crippen MR) is 84.1 cm³/mol. The topological polar surface area (TPSA) is 21.7 Å². The summed E-state index contributed by atoms with van der Waals surface area (Å²) in [4.78, 5) is 2.44. The lowest BCUT2D eigenvalue weighted by Crippen LogP contribution is -2.45. The summed E-state index contributed by atoms with van der Waals surface area (Å²) in [6, 6.07) is 1.21. The molecule has 1 unspecified atom stereocenters. The lowest BCUT2D eigenvalue weighted by atomic mass is 10.2. The molecule has 1 saturated heterocycles. The second kappa shape index (κ2) is 8.90. The van der Waals surface area contributed by atoms with Gasteiger partial charge in [-0.3, -0.25) is 4.90 Å². The fourth-order valence-electron chi connectivity index (χ4n) is 2.56. The molecular formula is C15H31NO2Si. The summed E-state index contributed by atoms with van der Waals surface area (Å²) in [6.07, 6.45) is 5.84. The van der Waals surface area contributed by atoms with Gasteiger partial charge in [-0.15, -0.1) is 6.58 Å². The molecule has 0 aliphatic carbocycles.